The van der Waals surface area contributed by atoms with Gasteiger partial charge < -0.3 is 15.7 Å². The van der Waals surface area contributed by atoms with Crippen molar-refractivity contribution >= 4 is 12.0 Å². The van der Waals surface area contributed by atoms with Crippen molar-refractivity contribution in [1.82, 2.24) is 10.6 Å². The van der Waals surface area contributed by atoms with E-state index >= 15 is 0 Å². The number of nitrogens with one attached hydrogen (secondary N) is 2. The highest BCUT2D eigenvalue weighted by Gasteiger charge is 2.31. The minimum absolute atomic E-state index is 0.0651. The molecule has 5 nitrogen and oxygen atoms in total. The SMILES string of the molecule is O=C(NC1CCC(C(=O)O)CC1)NC(c1ccccc1)C1CCC1. The molecule has 24 heavy (non-hydrogen) atoms. The molecule has 130 valence electrons. The van der Waals surface area contributed by atoms with E-state index in [1.165, 1.54) is 6.42 Å². The molecule has 1 atom stereocenters. The predicted octanol–water partition coefficient (Wildman–Crippen LogP) is 3.47. The molecule has 0 heterocycles. The molecule has 0 aliphatic heterocycles. The third-order valence-electron chi connectivity index (χ3n) is 5.48. The first kappa shape index (κ1) is 16.8. The molecule has 3 rings (SSSR count). The fraction of sp³-hybridized carbons (Fsp3) is 0.579. The maximum absolute atomic E-state index is 12.4. The molecule has 3 N–H and O–H groups in total. The Morgan fingerprint density at radius 3 is 2.21 bits per heavy atom. The van der Waals surface area contributed by atoms with E-state index in [0.29, 0.717) is 18.8 Å². The lowest BCUT2D eigenvalue weighted by Crippen LogP contribution is -2.47. The fourth-order valence-corrected chi connectivity index (χ4v) is 3.76. The zero-order chi connectivity index (χ0) is 16.9. The van der Waals surface area contributed by atoms with Crippen LogP contribution in [0.5, 0.6) is 0 Å². The Morgan fingerprint density at radius 1 is 1.00 bits per heavy atom. The van der Waals surface area contributed by atoms with E-state index in [-0.39, 0.29) is 24.0 Å². The van der Waals surface area contributed by atoms with Gasteiger partial charge in [0.05, 0.1) is 12.0 Å². The van der Waals surface area contributed by atoms with E-state index in [2.05, 4.69) is 22.8 Å². The van der Waals surface area contributed by atoms with Gasteiger partial charge in [0.1, 0.15) is 0 Å². The molecule has 0 spiro atoms. The number of hydrogen-bond donors (Lipinski definition) is 3. The third-order valence-corrected chi connectivity index (χ3v) is 5.48. The van der Waals surface area contributed by atoms with Crippen molar-refractivity contribution in [3.05, 3.63) is 35.9 Å². The molecule has 2 aliphatic rings. The Hall–Kier alpha value is -2.04. The molecule has 2 amide bonds. The summed E-state index contributed by atoms with van der Waals surface area (Å²) in [6, 6.07) is 10.2. The Morgan fingerprint density at radius 2 is 1.67 bits per heavy atom. The molecule has 2 aliphatic carbocycles. The van der Waals surface area contributed by atoms with Gasteiger partial charge in [0.2, 0.25) is 0 Å². The molecule has 5 heteroatoms. The number of carboxylic acids is 1. The molecule has 0 saturated heterocycles. The number of aliphatic carboxylic acids is 1. The highest BCUT2D eigenvalue weighted by molar-refractivity contribution is 5.75. The zero-order valence-electron chi connectivity index (χ0n) is 13.9. The van der Waals surface area contributed by atoms with Crippen molar-refractivity contribution in [3.8, 4) is 0 Å². The second kappa shape index (κ2) is 7.69. The molecule has 1 aromatic carbocycles. The van der Waals surface area contributed by atoms with E-state index in [9.17, 15) is 9.59 Å². The van der Waals surface area contributed by atoms with Crippen LogP contribution in [0.25, 0.3) is 0 Å². The Balaban J connectivity index is 1.54. The van der Waals surface area contributed by atoms with Gasteiger partial charge in [-0.05, 0) is 50.0 Å². The van der Waals surface area contributed by atoms with Gasteiger partial charge in [0.25, 0.3) is 0 Å². The first-order valence-electron chi connectivity index (χ1n) is 8.98. The van der Waals surface area contributed by atoms with Crippen LogP contribution in [0.3, 0.4) is 0 Å². The van der Waals surface area contributed by atoms with Crippen molar-refractivity contribution in [3.63, 3.8) is 0 Å². The topological polar surface area (TPSA) is 78.4 Å². The van der Waals surface area contributed by atoms with Crippen LogP contribution in [0, 0.1) is 11.8 Å². The van der Waals surface area contributed by atoms with Crippen LogP contribution in [-0.2, 0) is 4.79 Å². The van der Waals surface area contributed by atoms with Crippen LogP contribution in [0.1, 0.15) is 56.6 Å². The van der Waals surface area contributed by atoms with Crippen LogP contribution in [0.15, 0.2) is 30.3 Å². The lowest BCUT2D eigenvalue weighted by atomic mass is 9.77. The molecule has 1 aromatic rings. The van der Waals surface area contributed by atoms with Crippen LogP contribution >= 0.6 is 0 Å². The van der Waals surface area contributed by atoms with Gasteiger partial charge in [0, 0.05) is 6.04 Å². The summed E-state index contributed by atoms with van der Waals surface area (Å²) >= 11 is 0. The van der Waals surface area contributed by atoms with Gasteiger partial charge in [-0.2, -0.15) is 0 Å². The summed E-state index contributed by atoms with van der Waals surface area (Å²) in [4.78, 5) is 23.4. The van der Waals surface area contributed by atoms with E-state index in [4.69, 9.17) is 5.11 Å². The van der Waals surface area contributed by atoms with Crippen molar-refractivity contribution in [2.45, 2.75) is 57.0 Å². The zero-order valence-corrected chi connectivity index (χ0v) is 13.9. The van der Waals surface area contributed by atoms with Gasteiger partial charge in [-0.25, -0.2) is 4.79 Å². The molecule has 1 unspecified atom stereocenters. The highest BCUT2D eigenvalue weighted by atomic mass is 16.4. The summed E-state index contributed by atoms with van der Waals surface area (Å²) in [5, 5.41) is 15.2. The lowest BCUT2D eigenvalue weighted by Gasteiger charge is -2.35. The van der Waals surface area contributed by atoms with Gasteiger partial charge in [-0.1, -0.05) is 36.8 Å². The van der Waals surface area contributed by atoms with Crippen LogP contribution in [0.4, 0.5) is 4.79 Å². The normalized spacial score (nSPS) is 25.3. The van der Waals surface area contributed by atoms with E-state index in [1.54, 1.807) is 0 Å². The Labute approximate surface area is 142 Å². The van der Waals surface area contributed by atoms with Crippen LogP contribution < -0.4 is 10.6 Å². The maximum atomic E-state index is 12.4. The average molecular weight is 330 g/mol. The second-order valence-corrected chi connectivity index (χ2v) is 7.08. The number of hydrogen-bond acceptors (Lipinski definition) is 2. The van der Waals surface area contributed by atoms with Gasteiger partial charge in [0.15, 0.2) is 0 Å². The predicted molar refractivity (Wildman–Crippen MR) is 91.6 cm³/mol. The van der Waals surface area contributed by atoms with Crippen LogP contribution in [0.2, 0.25) is 0 Å². The highest BCUT2D eigenvalue weighted by Crippen LogP contribution is 2.37. The number of urea groups is 1. The molecule has 0 aromatic heterocycles. The molecule has 2 saturated carbocycles. The van der Waals surface area contributed by atoms with Crippen LogP contribution in [-0.4, -0.2) is 23.1 Å². The molecule has 0 radical (unpaired) electrons. The van der Waals surface area contributed by atoms with Crippen molar-refractivity contribution in [1.29, 1.82) is 0 Å². The van der Waals surface area contributed by atoms with E-state index < -0.39 is 5.97 Å². The van der Waals surface area contributed by atoms with E-state index in [1.807, 2.05) is 18.2 Å². The van der Waals surface area contributed by atoms with E-state index in [0.717, 1.165) is 31.2 Å². The smallest absolute Gasteiger partial charge is 0.315 e. The number of amides is 2. The standard InChI is InChI=1S/C19H26N2O3/c22-18(23)15-9-11-16(12-10-15)20-19(24)21-17(14-7-4-8-14)13-5-2-1-3-6-13/h1-3,5-6,14-17H,4,7-12H2,(H,22,23)(H2,20,21,24). The molecular weight excluding hydrogens is 304 g/mol. The summed E-state index contributed by atoms with van der Waals surface area (Å²) in [5.74, 6) is -0.453. The minimum atomic E-state index is -0.716. The summed E-state index contributed by atoms with van der Waals surface area (Å²) in [5.41, 5.74) is 1.16. The maximum Gasteiger partial charge on any atom is 0.315 e. The molecule has 0 bridgehead atoms. The van der Waals surface area contributed by atoms with Crippen molar-refractivity contribution in [2.75, 3.05) is 0 Å². The fourth-order valence-electron chi connectivity index (χ4n) is 3.76. The Bertz CT molecular complexity index is 563. The largest absolute Gasteiger partial charge is 0.481 e. The number of carbonyl (C=O) groups is 2. The number of carbonyl (C=O) groups excluding carboxylic acids is 1. The number of rotatable bonds is 5. The summed E-state index contributed by atoms with van der Waals surface area (Å²) in [6.07, 6.45) is 6.31. The third kappa shape index (κ3) is 4.08. The molecular formula is C19H26N2O3. The monoisotopic (exact) mass is 330 g/mol. The summed E-state index contributed by atoms with van der Waals surface area (Å²) < 4.78 is 0. The minimum Gasteiger partial charge on any atom is -0.481 e. The Kier molecular flexibility index (Phi) is 5.38. The van der Waals surface area contributed by atoms with Gasteiger partial charge >= 0.3 is 12.0 Å². The first-order valence-corrected chi connectivity index (χ1v) is 8.98. The number of benzene rings is 1. The van der Waals surface area contributed by atoms with Crippen molar-refractivity contribution < 1.29 is 14.7 Å². The lowest BCUT2D eigenvalue weighted by molar-refractivity contribution is -0.142. The van der Waals surface area contributed by atoms with Gasteiger partial charge in [-0.3, -0.25) is 4.79 Å². The van der Waals surface area contributed by atoms with Crippen molar-refractivity contribution in [2.24, 2.45) is 11.8 Å². The summed E-state index contributed by atoms with van der Waals surface area (Å²) in [7, 11) is 0. The molecule has 2 fully saturated rings. The first-order chi connectivity index (χ1) is 11.6. The second-order valence-electron chi connectivity index (χ2n) is 7.08. The van der Waals surface area contributed by atoms with Gasteiger partial charge in [-0.15, -0.1) is 0 Å². The average Bonchev–Trinajstić information content (AvgIpc) is 2.54. The summed E-state index contributed by atoms with van der Waals surface area (Å²) in [6.45, 7) is 0. The quantitative estimate of drug-likeness (QED) is 0.773. The number of carboxylic acid groups (broad SMARTS) is 1.